The molecule has 4 aromatic rings. The second-order valence-electron chi connectivity index (χ2n) is 8.36. The van der Waals surface area contributed by atoms with Crippen molar-refractivity contribution in [3.8, 4) is 11.6 Å². The number of pyridine rings is 3. The van der Waals surface area contributed by atoms with E-state index in [4.69, 9.17) is 16.3 Å². The Morgan fingerprint density at radius 1 is 1.12 bits per heavy atom. The van der Waals surface area contributed by atoms with Crippen molar-refractivity contribution >= 4 is 34.7 Å². The molecule has 0 bridgehead atoms. The van der Waals surface area contributed by atoms with Crippen LogP contribution in [0.2, 0.25) is 5.02 Å². The number of nitrogens with one attached hydrogen (secondary N) is 1. The van der Waals surface area contributed by atoms with Crippen LogP contribution in [0.15, 0.2) is 71.8 Å². The van der Waals surface area contributed by atoms with Gasteiger partial charge in [0.25, 0.3) is 5.56 Å². The lowest BCUT2D eigenvalue weighted by molar-refractivity contribution is 0.283. The third-order valence-corrected chi connectivity index (χ3v) is 6.17. The molecule has 0 amide bonds. The highest BCUT2D eigenvalue weighted by Crippen LogP contribution is 2.20. The van der Waals surface area contributed by atoms with Gasteiger partial charge in [-0.15, -0.1) is 0 Å². The Morgan fingerprint density at radius 3 is 2.85 bits per heavy atom. The first-order chi connectivity index (χ1) is 16.6. The lowest BCUT2D eigenvalue weighted by Gasteiger charge is -2.11. The predicted octanol–water partition coefficient (Wildman–Crippen LogP) is 5.13. The van der Waals surface area contributed by atoms with Crippen LogP contribution in [0.3, 0.4) is 0 Å². The summed E-state index contributed by atoms with van der Waals surface area (Å²) < 4.78 is 7.48. The molecular weight excluding hydrogens is 448 g/mol. The number of aromatic nitrogens is 3. The van der Waals surface area contributed by atoms with E-state index in [0.29, 0.717) is 23.6 Å². The fourth-order valence-electron chi connectivity index (χ4n) is 4.11. The van der Waals surface area contributed by atoms with Gasteiger partial charge < -0.3 is 10.1 Å². The smallest absolute Gasteiger partial charge is 0.255 e. The number of nitrogens with zero attached hydrogens (tertiary/aromatic N) is 3. The summed E-state index contributed by atoms with van der Waals surface area (Å²) in [4.78, 5) is 21.6. The zero-order chi connectivity index (χ0) is 23.3. The second-order valence-corrected chi connectivity index (χ2v) is 8.80. The first kappa shape index (κ1) is 22.3. The monoisotopic (exact) mass is 472 g/mol. The zero-order valence-electron chi connectivity index (χ0n) is 18.7. The van der Waals surface area contributed by atoms with Gasteiger partial charge in [-0.1, -0.05) is 17.7 Å². The first-order valence-corrected chi connectivity index (χ1v) is 11.8. The van der Waals surface area contributed by atoms with Crippen LogP contribution in [0.5, 0.6) is 5.88 Å². The summed E-state index contributed by atoms with van der Waals surface area (Å²) in [5.74, 6) is 0.627. The molecule has 7 heteroatoms. The van der Waals surface area contributed by atoms with Gasteiger partial charge in [0.15, 0.2) is 0 Å². The molecule has 34 heavy (non-hydrogen) atoms. The number of benzene rings is 1. The Bertz CT molecular complexity index is 1380. The topological polar surface area (TPSA) is 69.0 Å². The number of hydrogen-bond acceptors (Lipinski definition) is 5. The van der Waals surface area contributed by atoms with E-state index < -0.39 is 0 Å². The molecule has 1 unspecified atom stereocenters. The summed E-state index contributed by atoms with van der Waals surface area (Å²) in [6, 6.07) is 17.3. The van der Waals surface area contributed by atoms with Gasteiger partial charge in [-0.05, 0) is 79.9 Å². The van der Waals surface area contributed by atoms with E-state index in [1.165, 1.54) is 12.8 Å². The average Bonchev–Trinajstić information content (AvgIpc) is 3.37. The highest BCUT2D eigenvalue weighted by molar-refractivity contribution is 6.30. The molecule has 5 rings (SSSR count). The fraction of sp³-hybridized carbons (Fsp3) is 0.222. The van der Waals surface area contributed by atoms with Crippen molar-refractivity contribution < 1.29 is 4.74 Å². The molecule has 1 fully saturated rings. The minimum atomic E-state index is -0.112. The molecule has 1 saturated heterocycles. The molecule has 1 N–H and O–H groups in total. The molecule has 6 nitrogen and oxygen atoms in total. The van der Waals surface area contributed by atoms with Crippen LogP contribution in [0.25, 0.3) is 28.7 Å². The van der Waals surface area contributed by atoms with Crippen LogP contribution < -0.4 is 15.6 Å². The van der Waals surface area contributed by atoms with E-state index in [-0.39, 0.29) is 5.56 Å². The first-order valence-electron chi connectivity index (χ1n) is 11.4. The van der Waals surface area contributed by atoms with E-state index in [1.54, 1.807) is 29.1 Å². The Hall–Kier alpha value is -3.48. The minimum absolute atomic E-state index is 0.112. The van der Waals surface area contributed by atoms with Crippen molar-refractivity contribution in [1.82, 2.24) is 19.9 Å². The van der Waals surface area contributed by atoms with Crippen molar-refractivity contribution in [2.45, 2.75) is 25.3 Å². The molecule has 1 aliphatic rings. The summed E-state index contributed by atoms with van der Waals surface area (Å²) in [5, 5.41) is 5.02. The van der Waals surface area contributed by atoms with Gasteiger partial charge in [-0.25, -0.2) is 4.98 Å². The maximum Gasteiger partial charge on any atom is 0.255 e. The van der Waals surface area contributed by atoms with Gasteiger partial charge in [0.2, 0.25) is 5.88 Å². The predicted molar refractivity (Wildman–Crippen MR) is 137 cm³/mol. The molecule has 0 aliphatic carbocycles. The maximum atomic E-state index is 12.8. The summed E-state index contributed by atoms with van der Waals surface area (Å²) in [5.41, 5.74) is 3.08. The van der Waals surface area contributed by atoms with Crippen LogP contribution in [-0.4, -0.2) is 33.7 Å². The van der Waals surface area contributed by atoms with Crippen molar-refractivity contribution in [3.05, 3.63) is 93.6 Å². The van der Waals surface area contributed by atoms with Crippen molar-refractivity contribution in [1.29, 1.82) is 0 Å². The number of fused-ring (bicyclic) bond motifs is 1. The summed E-state index contributed by atoms with van der Waals surface area (Å²) >= 11 is 5.87. The van der Waals surface area contributed by atoms with Gasteiger partial charge in [0, 0.05) is 41.6 Å². The Labute approximate surface area is 202 Å². The SMILES string of the molecule is O=c1cc(C=Cc2ccc(Cl)cn2)ccn1-c1ccc2nc(OCCC3CCCN3)ccc2c1. The Balaban J connectivity index is 1.29. The maximum absolute atomic E-state index is 12.8. The van der Waals surface area contributed by atoms with Gasteiger partial charge in [-0.2, -0.15) is 0 Å². The van der Waals surface area contributed by atoms with Crippen molar-refractivity contribution in [2.75, 3.05) is 13.2 Å². The van der Waals surface area contributed by atoms with Crippen molar-refractivity contribution in [2.24, 2.45) is 0 Å². The van der Waals surface area contributed by atoms with E-state index in [2.05, 4.69) is 15.3 Å². The Kier molecular flexibility index (Phi) is 6.70. The van der Waals surface area contributed by atoms with Gasteiger partial charge in [-0.3, -0.25) is 14.3 Å². The molecule has 3 aromatic heterocycles. The number of ether oxygens (including phenoxy) is 1. The van der Waals surface area contributed by atoms with E-state index in [9.17, 15) is 4.79 Å². The van der Waals surface area contributed by atoms with Crippen LogP contribution >= 0.6 is 11.6 Å². The molecule has 1 aromatic carbocycles. The molecule has 172 valence electrons. The standard InChI is InChI=1S/C27H25ClN4O2/c28-21-5-7-23(30-18-21)6-3-19-11-14-32(27(33)16-19)24-8-9-25-20(17-24)4-10-26(31-25)34-15-12-22-2-1-13-29-22/h3-11,14,16-18,22,29H,1-2,12-13,15H2. The molecule has 4 heterocycles. The average molecular weight is 473 g/mol. The van der Waals surface area contributed by atoms with Crippen LogP contribution in [0.4, 0.5) is 0 Å². The lowest BCUT2D eigenvalue weighted by Crippen LogP contribution is -2.23. The summed E-state index contributed by atoms with van der Waals surface area (Å²) in [6.07, 6.45) is 10.5. The minimum Gasteiger partial charge on any atom is -0.478 e. The van der Waals surface area contributed by atoms with Crippen LogP contribution in [0.1, 0.15) is 30.5 Å². The molecule has 0 saturated carbocycles. The van der Waals surface area contributed by atoms with Crippen LogP contribution in [0, 0.1) is 0 Å². The van der Waals surface area contributed by atoms with E-state index in [1.807, 2.05) is 54.6 Å². The fourth-order valence-corrected chi connectivity index (χ4v) is 4.22. The summed E-state index contributed by atoms with van der Waals surface area (Å²) in [7, 11) is 0. The molecule has 0 spiro atoms. The molecule has 0 radical (unpaired) electrons. The molecule has 1 aliphatic heterocycles. The number of halogens is 1. The normalized spacial score (nSPS) is 15.9. The third-order valence-electron chi connectivity index (χ3n) is 5.94. The van der Waals surface area contributed by atoms with E-state index in [0.717, 1.165) is 40.8 Å². The molecule has 1 atom stereocenters. The highest BCUT2D eigenvalue weighted by Gasteiger charge is 2.13. The number of hydrogen-bond donors (Lipinski definition) is 1. The Morgan fingerprint density at radius 2 is 2.06 bits per heavy atom. The number of rotatable bonds is 7. The van der Waals surface area contributed by atoms with Crippen LogP contribution in [-0.2, 0) is 0 Å². The zero-order valence-corrected chi connectivity index (χ0v) is 19.4. The largest absolute Gasteiger partial charge is 0.478 e. The second kappa shape index (κ2) is 10.2. The lowest BCUT2D eigenvalue weighted by atomic mass is 10.1. The quantitative estimate of drug-likeness (QED) is 0.404. The molecular formula is C27H25ClN4O2. The van der Waals surface area contributed by atoms with E-state index >= 15 is 0 Å². The third kappa shape index (κ3) is 5.35. The highest BCUT2D eigenvalue weighted by atomic mass is 35.5. The van der Waals surface area contributed by atoms with Crippen molar-refractivity contribution in [3.63, 3.8) is 0 Å². The summed E-state index contributed by atoms with van der Waals surface area (Å²) in [6.45, 7) is 1.75. The van der Waals surface area contributed by atoms with Gasteiger partial charge in [0.1, 0.15) is 0 Å². The van der Waals surface area contributed by atoms with Gasteiger partial charge >= 0.3 is 0 Å². The van der Waals surface area contributed by atoms with Gasteiger partial charge in [0.05, 0.1) is 22.8 Å².